The number of methoxy groups -OCH3 is 1. The van der Waals surface area contributed by atoms with Crippen molar-refractivity contribution < 1.29 is 4.74 Å². The number of nitrogens with two attached hydrogens (primary N) is 1. The number of aryl methyl sites for hydroxylation is 2. The van der Waals surface area contributed by atoms with E-state index in [2.05, 4.69) is 38.3 Å². The quantitative estimate of drug-likeness (QED) is 0.635. The molecule has 3 N–H and O–H groups in total. The maximum absolute atomic E-state index is 5.93. The SMILES string of the molecule is CCC1CCC(C(NN)c2c(C)cc(C)cc2OC)CC1. The van der Waals surface area contributed by atoms with Gasteiger partial charge in [0.2, 0.25) is 0 Å². The Bertz CT molecular complexity index is 465. The lowest BCUT2D eigenvalue weighted by atomic mass is 9.75. The molecule has 0 aliphatic heterocycles. The zero-order chi connectivity index (χ0) is 15.4. The second-order valence-electron chi connectivity index (χ2n) is 6.53. The Morgan fingerprint density at radius 1 is 1.24 bits per heavy atom. The second kappa shape index (κ2) is 7.28. The Morgan fingerprint density at radius 2 is 1.90 bits per heavy atom. The predicted octanol–water partition coefficient (Wildman–Crippen LogP) is 4.03. The molecular weight excluding hydrogens is 260 g/mol. The topological polar surface area (TPSA) is 47.3 Å². The highest BCUT2D eigenvalue weighted by atomic mass is 16.5. The fourth-order valence-corrected chi connectivity index (χ4v) is 3.89. The summed E-state index contributed by atoms with van der Waals surface area (Å²) in [6.45, 7) is 6.57. The summed E-state index contributed by atoms with van der Waals surface area (Å²) in [6, 6.07) is 4.53. The molecule has 1 unspecified atom stereocenters. The van der Waals surface area contributed by atoms with Gasteiger partial charge in [0, 0.05) is 5.56 Å². The van der Waals surface area contributed by atoms with Crippen LogP contribution in [0.5, 0.6) is 5.75 Å². The minimum atomic E-state index is 0.193. The van der Waals surface area contributed by atoms with Crippen molar-refractivity contribution >= 4 is 0 Å². The zero-order valence-corrected chi connectivity index (χ0v) is 13.9. The van der Waals surface area contributed by atoms with Crippen LogP contribution in [0.3, 0.4) is 0 Å². The van der Waals surface area contributed by atoms with Gasteiger partial charge < -0.3 is 4.74 Å². The van der Waals surface area contributed by atoms with Gasteiger partial charge in [0.1, 0.15) is 5.75 Å². The van der Waals surface area contributed by atoms with Crippen molar-refractivity contribution in [3.05, 3.63) is 28.8 Å². The standard InChI is InChI=1S/C18H30N2O/c1-5-14-6-8-15(9-7-14)18(20-19)17-13(3)10-12(2)11-16(17)21-4/h10-11,14-15,18,20H,5-9,19H2,1-4H3. The molecule has 1 atom stereocenters. The first-order chi connectivity index (χ1) is 10.1. The summed E-state index contributed by atoms with van der Waals surface area (Å²) in [7, 11) is 1.75. The fourth-order valence-electron chi connectivity index (χ4n) is 3.89. The average molecular weight is 290 g/mol. The summed E-state index contributed by atoms with van der Waals surface area (Å²) in [5, 5.41) is 0. The summed E-state index contributed by atoms with van der Waals surface area (Å²) in [6.07, 6.45) is 6.47. The van der Waals surface area contributed by atoms with Gasteiger partial charge in [0.25, 0.3) is 0 Å². The number of ether oxygens (including phenoxy) is 1. The third-order valence-corrected chi connectivity index (χ3v) is 5.14. The van der Waals surface area contributed by atoms with E-state index in [1.54, 1.807) is 7.11 Å². The predicted molar refractivity (Wildman–Crippen MR) is 88.3 cm³/mol. The van der Waals surface area contributed by atoms with Crippen molar-refractivity contribution in [1.29, 1.82) is 0 Å². The van der Waals surface area contributed by atoms with Gasteiger partial charge in [-0.25, -0.2) is 0 Å². The van der Waals surface area contributed by atoms with Crippen LogP contribution in [0.2, 0.25) is 0 Å². The van der Waals surface area contributed by atoms with Crippen molar-refractivity contribution in [2.75, 3.05) is 7.11 Å². The minimum absolute atomic E-state index is 0.193. The third-order valence-electron chi connectivity index (χ3n) is 5.14. The molecule has 21 heavy (non-hydrogen) atoms. The molecule has 3 heteroatoms. The van der Waals surface area contributed by atoms with Gasteiger partial charge in [-0.05, 0) is 55.7 Å². The molecule has 1 aromatic carbocycles. The van der Waals surface area contributed by atoms with Gasteiger partial charge >= 0.3 is 0 Å². The van der Waals surface area contributed by atoms with Crippen LogP contribution in [0.1, 0.15) is 61.8 Å². The number of hydrogen-bond acceptors (Lipinski definition) is 3. The highest BCUT2D eigenvalue weighted by Gasteiger charge is 2.30. The Labute approximate surface area is 129 Å². The van der Waals surface area contributed by atoms with E-state index in [9.17, 15) is 0 Å². The van der Waals surface area contributed by atoms with E-state index in [0.29, 0.717) is 5.92 Å². The fraction of sp³-hybridized carbons (Fsp3) is 0.667. The lowest BCUT2D eigenvalue weighted by Gasteiger charge is -2.34. The van der Waals surface area contributed by atoms with Gasteiger partial charge in [0.05, 0.1) is 13.2 Å². The van der Waals surface area contributed by atoms with Gasteiger partial charge in [-0.3, -0.25) is 11.3 Å². The molecule has 1 fully saturated rings. The van der Waals surface area contributed by atoms with Crippen molar-refractivity contribution in [1.82, 2.24) is 5.43 Å². The van der Waals surface area contributed by atoms with Crippen molar-refractivity contribution in [3.63, 3.8) is 0 Å². The maximum Gasteiger partial charge on any atom is 0.124 e. The van der Waals surface area contributed by atoms with E-state index >= 15 is 0 Å². The average Bonchev–Trinajstić information content (AvgIpc) is 2.50. The van der Waals surface area contributed by atoms with E-state index < -0.39 is 0 Å². The summed E-state index contributed by atoms with van der Waals surface area (Å²) in [5.41, 5.74) is 6.82. The summed E-state index contributed by atoms with van der Waals surface area (Å²) in [4.78, 5) is 0. The monoisotopic (exact) mass is 290 g/mol. The number of benzene rings is 1. The van der Waals surface area contributed by atoms with Crippen LogP contribution in [0.4, 0.5) is 0 Å². The van der Waals surface area contributed by atoms with Crippen molar-refractivity contribution in [2.24, 2.45) is 17.7 Å². The first-order valence-corrected chi connectivity index (χ1v) is 8.21. The summed E-state index contributed by atoms with van der Waals surface area (Å²) < 4.78 is 5.63. The van der Waals surface area contributed by atoms with Crippen molar-refractivity contribution in [3.8, 4) is 5.75 Å². The highest BCUT2D eigenvalue weighted by Crippen LogP contribution is 2.41. The van der Waals surface area contributed by atoms with Gasteiger partial charge in [-0.1, -0.05) is 32.3 Å². The molecule has 0 heterocycles. The van der Waals surface area contributed by atoms with E-state index in [4.69, 9.17) is 10.6 Å². The Hall–Kier alpha value is -1.06. The van der Waals surface area contributed by atoms with Crippen LogP contribution >= 0.6 is 0 Å². The Morgan fingerprint density at radius 3 is 2.43 bits per heavy atom. The summed E-state index contributed by atoms with van der Waals surface area (Å²) in [5.74, 6) is 8.40. The highest BCUT2D eigenvalue weighted by molar-refractivity contribution is 5.45. The molecule has 1 aliphatic carbocycles. The number of hydrogen-bond donors (Lipinski definition) is 2. The molecule has 0 amide bonds. The van der Waals surface area contributed by atoms with E-state index in [0.717, 1.165) is 11.7 Å². The molecule has 1 aliphatic rings. The Kier molecular flexibility index (Phi) is 5.65. The first-order valence-electron chi connectivity index (χ1n) is 8.21. The molecule has 0 radical (unpaired) electrons. The van der Waals surface area contributed by atoms with Gasteiger partial charge in [-0.15, -0.1) is 0 Å². The zero-order valence-electron chi connectivity index (χ0n) is 13.9. The van der Waals surface area contributed by atoms with E-state index in [1.165, 1.54) is 48.8 Å². The molecule has 0 spiro atoms. The van der Waals surface area contributed by atoms with Gasteiger partial charge in [0.15, 0.2) is 0 Å². The molecule has 1 aromatic rings. The molecule has 118 valence electrons. The van der Waals surface area contributed by atoms with Crippen LogP contribution in [-0.2, 0) is 0 Å². The van der Waals surface area contributed by atoms with Crippen LogP contribution < -0.4 is 16.0 Å². The third kappa shape index (κ3) is 3.58. The molecule has 0 aromatic heterocycles. The number of nitrogens with one attached hydrogen (secondary N) is 1. The summed E-state index contributed by atoms with van der Waals surface area (Å²) >= 11 is 0. The van der Waals surface area contributed by atoms with E-state index in [1.807, 2.05) is 0 Å². The molecule has 2 rings (SSSR count). The number of hydrazine groups is 1. The van der Waals surface area contributed by atoms with Gasteiger partial charge in [-0.2, -0.15) is 0 Å². The minimum Gasteiger partial charge on any atom is -0.496 e. The van der Waals surface area contributed by atoms with Crippen LogP contribution in [0.15, 0.2) is 12.1 Å². The largest absolute Gasteiger partial charge is 0.496 e. The first kappa shape index (κ1) is 16.3. The molecular formula is C18H30N2O. The maximum atomic E-state index is 5.93. The van der Waals surface area contributed by atoms with Crippen molar-refractivity contribution in [2.45, 2.75) is 58.9 Å². The van der Waals surface area contributed by atoms with Crippen LogP contribution in [0, 0.1) is 25.7 Å². The lowest BCUT2D eigenvalue weighted by Crippen LogP contribution is -2.36. The molecule has 0 saturated heterocycles. The normalized spacial score (nSPS) is 23.9. The lowest BCUT2D eigenvalue weighted by molar-refractivity contribution is 0.216. The number of rotatable bonds is 5. The Balaban J connectivity index is 2.26. The second-order valence-corrected chi connectivity index (χ2v) is 6.53. The molecule has 1 saturated carbocycles. The molecule has 3 nitrogen and oxygen atoms in total. The van der Waals surface area contributed by atoms with Crippen LogP contribution in [0.25, 0.3) is 0 Å². The smallest absolute Gasteiger partial charge is 0.124 e. The van der Waals surface area contributed by atoms with Crippen LogP contribution in [-0.4, -0.2) is 7.11 Å². The van der Waals surface area contributed by atoms with E-state index in [-0.39, 0.29) is 6.04 Å². The molecule has 0 bridgehead atoms.